The molecule has 2 aromatic rings. The predicted molar refractivity (Wildman–Crippen MR) is 107 cm³/mol. The number of benzene rings is 2. The van der Waals surface area contributed by atoms with Crippen molar-refractivity contribution in [3.63, 3.8) is 0 Å². The molecule has 2 amide bonds. The van der Waals surface area contributed by atoms with E-state index in [9.17, 15) is 67.6 Å². The minimum atomic E-state index is -5.93. The number of amides is 2. The zero-order valence-electron chi connectivity index (χ0n) is 16.8. The number of carbonyl (C=O) groups is 2. The van der Waals surface area contributed by atoms with Gasteiger partial charge in [-0.15, -0.1) is 0 Å². The number of nitro benzene ring substituents is 4. The van der Waals surface area contributed by atoms with Crippen molar-refractivity contribution in [3.8, 4) is 0 Å². The lowest BCUT2D eigenvalue weighted by Gasteiger charge is -2.24. The van der Waals surface area contributed by atoms with Crippen molar-refractivity contribution in [1.29, 1.82) is 0 Å². The molecule has 0 unspecified atom stereocenters. The Bertz CT molecular complexity index is 1220. The average Bonchev–Trinajstić information content (AvgIpc) is 2.78. The first-order valence-corrected chi connectivity index (χ1v) is 8.75. The molecule has 0 atom stereocenters. The lowest BCUT2D eigenvalue weighted by Crippen LogP contribution is -2.56. The molecule has 0 saturated heterocycles. The highest BCUT2D eigenvalue weighted by atomic mass is 19.3. The van der Waals surface area contributed by atoms with Gasteiger partial charge in [0.15, 0.2) is 0 Å². The van der Waals surface area contributed by atoms with Gasteiger partial charge < -0.3 is 10.6 Å². The number of halogens is 4. The zero-order valence-corrected chi connectivity index (χ0v) is 16.8. The van der Waals surface area contributed by atoms with Crippen molar-refractivity contribution in [2.45, 2.75) is 11.8 Å². The lowest BCUT2D eigenvalue weighted by molar-refractivity contribution is -0.393. The van der Waals surface area contributed by atoms with Crippen molar-refractivity contribution in [2.75, 3.05) is 10.6 Å². The molecule has 20 heteroatoms. The largest absolute Gasteiger partial charge is 0.396 e. The molecule has 0 aliphatic heterocycles. The normalized spacial score (nSPS) is 11.3. The summed E-state index contributed by atoms with van der Waals surface area (Å²) in [6, 6.07) is 2.35. The first-order chi connectivity index (χ1) is 16.5. The van der Waals surface area contributed by atoms with Crippen molar-refractivity contribution in [1.82, 2.24) is 0 Å². The van der Waals surface area contributed by atoms with Crippen molar-refractivity contribution in [3.05, 3.63) is 76.9 Å². The van der Waals surface area contributed by atoms with Crippen LogP contribution < -0.4 is 10.6 Å². The third kappa shape index (κ3) is 5.10. The van der Waals surface area contributed by atoms with Crippen LogP contribution in [0.15, 0.2) is 36.4 Å². The Hall–Kier alpha value is -5.30. The number of rotatable bonds is 9. The number of nitrogens with zero attached hydrogens (tertiary/aromatic N) is 4. The molecule has 0 bridgehead atoms. The Labute approximate surface area is 193 Å². The second-order valence-electron chi connectivity index (χ2n) is 6.49. The molecule has 0 aliphatic carbocycles. The van der Waals surface area contributed by atoms with E-state index in [1.807, 2.05) is 0 Å². The smallest absolute Gasteiger partial charge is 0.315 e. The summed E-state index contributed by atoms with van der Waals surface area (Å²) in [6.07, 6.45) is 0. The van der Waals surface area contributed by atoms with Gasteiger partial charge in [0, 0.05) is 12.1 Å². The summed E-state index contributed by atoms with van der Waals surface area (Å²) >= 11 is 0. The molecular formula is C16H8F4N6O10. The van der Waals surface area contributed by atoms with E-state index in [0.29, 0.717) is 24.3 Å². The quantitative estimate of drug-likeness (QED) is 0.278. The zero-order chi connectivity index (χ0) is 27.6. The summed E-state index contributed by atoms with van der Waals surface area (Å²) in [5, 5.41) is 45.6. The average molecular weight is 520 g/mol. The van der Waals surface area contributed by atoms with Gasteiger partial charge in [0.2, 0.25) is 0 Å². The minimum Gasteiger partial charge on any atom is -0.315 e. The topological polar surface area (TPSA) is 231 Å². The molecule has 2 N–H and O–H groups in total. The van der Waals surface area contributed by atoms with Crippen LogP contribution in [0.2, 0.25) is 0 Å². The van der Waals surface area contributed by atoms with Gasteiger partial charge in [0.1, 0.15) is 11.4 Å². The van der Waals surface area contributed by atoms with Crippen LogP contribution in [0.25, 0.3) is 0 Å². The third-order valence-electron chi connectivity index (χ3n) is 4.24. The Morgan fingerprint density at radius 3 is 1.17 bits per heavy atom. The Balaban J connectivity index is 2.37. The standard InChI is InChI=1S/C16H8F4N6O10/c17-15(18,13(27)21-9-3-1-7(23(29)30)5-11(9)25(33)34)16(19,20)14(28)22-10-4-2-8(24(31)32)6-12(10)26(35)36/h1-6H,(H,21,27)(H,22,28). The number of carbonyl (C=O) groups excluding carboxylic acids is 2. The van der Waals surface area contributed by atoms with Crippen LogP contribution in [-0.2, 0) is 9.59 Å². The molecule has 0 aliphatic rings. The van der Waals surface area contributed by atoms with E-state index in [1.165, 1.54) is 0 Å². The van der Waals surface area contributed by atoms with Gasteiger partial charge in [-0.3, -0.25) is 50.0 Å². The van der Waals surface area contributed by atoms with E-state index in [-0.39, 0.29) is 12.1 Å². The van der Waals surface area contributed by atoms with Gasteiger partial charge in [-0.2, -0.15) is 17.6 Å². The Kier molecular flexibility index (Phi) is 7.12. The van der Waals surface area contributed by atoms with E-state index in [4.69, 9.17) is 0 Å². The fourth-order valence-electron chi connectivity index (χ4n) is 2.47. The fourth-order valence-corrected chi connectivity index (χ4v) is 2.47. The summed E-state index contributed by atoms with van der Waals surface area (Å²) < 4.78 is 57.1. The van der Waals surface area contributed by atoms with Gasteiger partial charge in [-0.1, -0.05) is 0 Å². The number of anilines is 2. The van der Waals surface area contributed by atoms with Crippen LogP contribution in [0, 0.1) is 40.5 Å². The maximum atomic E-state index is 14.3. The van der Waals surface area contributed by atoms with Gasteiger partial charge in [0.25, 0.3) is 22.7 Å². The molecule has 0 saturated carbocycles. The second kappa shape index (κ2) is 9.52. The summed E-state index contributed by atoms with van der Waals surface area (Å²) in [5.41, 5.74) is -6.75. The van der Waals surface area contributed by atoms with Crippen LogP contribution in [0.4, 0.5) is 51.7 Å². The molecule has 0 heterocycles. The van der Waals surface area contributed by atoms with E-state index in [2.05, 4.69) is 0 Å². The summed E-state index contributed by atoms with van der Waals surface area (Å²) in [7, 11) is 0. The second-order valence-corrected chi connectivity index (χ2v) is 6.49. The fraction of sp³-hybridized carbons (Fsp3) is 0.125. The monoisotopic (exact) mass is 520 g/mol. The van der Waals surface area contributed by atoms with Gasteiger partial charge >= 0.3 is 23.7 Å². The summed E-state index contributed by atoms with van der Waals surface area (Å²) in [5.74, 6) is -17.7. The SMILES string of the molecule is O=C(Nc1ccc([N+](=O)[O-])cc1[N+](=O)[O-])C(F)(F)C(F)(F)C(=O)Nc1ccc([N+](=O)[O-])cc1[N+](=O)[O-]. The van der Waals surface area contributed by atoms with Gasteiger partial charge in [0.05, 0.1) is 31.8 Å². The third-order valence-corrected chi connectivity index (χ3v) is 4.24. The highest BCUT2D eigenvalue weighted by Crippen LogP contribution is 2.39. The van der Waals surface area contributed by atoms with Crippen molar-refractivity contribution >= 4 is 45.9 Å². The van der Waals surface area contributed by atoms with Gasteiger partial charge in [-0.05, 0) is 12.1 Å². The van der Waals surface area contributed by atoms with Crippen molar-refractivity contribution in [2.24, 2.45) is 0 Å². The van der Waals surface area contributed by atoms with Crippen LogP contribution >= 0.6 is 0 Å². The summed E-state index contributed by atoms with van der Waals surface area (Å²) in [6.45, 7) is 0. The van der Waals surface area contributed by atoms with Crippen LogP contribution in [0.5, 0.6) is 0 Å². The minimum absolute atomic E-state index is 0.242. The van der Waals surface area contributed by atoms with Crippen LogP contribution in [-0.4, -0.2) is 43.4 Å². The Morgan fingerprint density at radius 1 is 0.611 bits per heavy atom. The Morgan fingerprint density at radius 2 is 0.917 bits per heavy atom. The van der Waals surface area contributed by atoms with Crippen LogP contribution in [0.1, 0.15) is 0 Å². The van der Waals surface area contributed by atoms with Gasteiger partial charge in [-0.25, -0.2) is 0 Å². The van der Waals surface area contributed by atoms with E-state index < -0.39 is 77.5 Å². The molecular weight excluding hydrogens is 512 g/mol. The number of nitrogens with one attached hydrogen (secondary N) is 2. The number of hydrogen-bond acceptors (Lipinski definition) is 10. The molecule has 0 radical (unpaired) electrons. The molecule has 2 rings (SSSR count). The predicted octanol–water partition coefficient (Wildman–Crippen LogP) is 3.17. The molecule has 36 heavy (non-hydrogen) atoms. The molecule has 0 fully saturated rings. The maximum Gasteiger partial charge on any atom is 0.396 e. The highest BCUT2D eigenvalue weighted by Gasteiger charge is 2.67. The van der Waals surface area contributed by atoms with E-state index in [0.717, 1.165) is 10.6 Å². The van der Waals surface area contributed by atoms with Crippen LogP contribution in [0.3, 0.4) is 0 Å². The number of non-ortho nitro benzene ring substituents is 2. The molecule has 16 nitrogen and oxygen atoms in total. The maximum absolute atomic E-state index is 14.3. The lowest BCUT2D eigenvalue weighted by atomic mass is 10.1. The van der Waals surface area contributed by atoms with E-state index in [1.54, 1.807) is 0 Å². The number of hydrogen-bond donors (Lipinski definition) is 2. The van der Waals surface area contributed by atoms with E-state index >= 15 is 0 Å². The first-order valence-electron chi connectivity index (χ1n) is 8.75. The first kappa shape index (κ1) is 26.9. The van der Waals surface area contributed by atoms with Crippen molar-refractivity contribution < 1.29 is 46.8 Å². The number of nitro groups is 4. The summed E-state index contributed by atoms with van der Waals surface area (Å²) in [4.78, 5) is 62.3. The highest BCUT2D eigenvalue weighted by molar-refractivity contribution is 6.06. The molecule has 2 aromatic carbocycles. The number of alkyl halides is 4. The molecule has 190 valence electrons. The molecule has 0 aromatic heterocycles. The molecule has 0 spiro atoms.